The van der Waals surface area contributed by atoms with E-state index in [4.69, 9.17) is 4.74 Å². The predicted molar refractivity (Wildman–Crippen MR) is 114 cm³/mol. The van der Waals surface area contributed by atoms with Gasteiger partial charge in [0.05, 0.1) is 17.0 Å². The first-order valence-corrected chi connectivity index (χ1v) is 9.51. The molecule has 0 radical (unpaired) electrons. The number of amides is 2. The zero-order valence-corrected chi connectivity index (χ0v) is 17.3. The number of nitrogens with zero attached hydrogens (tertiary/aromatic N) is 1. The molecule has 0 bridgehead atoms. The number of carbonyl (C=O) groups is 4. The third-order valence-corrected chi connectivity index (χ3v) is 4.61. The molecule has 0 aromatic heterocycles. The van der Waals surface area contributed by atoms with E-state index >= 15 is 0 Å². The molecule has 1 heterocycles. The molecular weight excluding hydrogens is 398 g/mol. The molecule has 3 rings (SSSR count). The fourth-order valence-electron chi connectivity index (χ4n) is 2.98. The summed E-state index contributed by atoms with van der Waals surface area (Å²) in [7, 11) is 0. The van der Waals surface area contributed by atoms with Crippen LogP contribution in [0.1, 0.15) is 40.1 Å². The van der Waals surface area contributed by atoms with Crippen molar-refractivity contribution in [3.63, 3.8) is 0 Å². The number of cyclic esters (lactones) is 1. The number of carbonyl (C=O) groups excluding carboxylic acids is 4. The van der Waals surface area contributed by atoms with Crippen LogP contribution in [0.4, 0.5) is 5.69 Å². The molecule has 2 N–H and O–H groups in total. The molecule has 8 heteroatoms. The number of hydrazone groups is 1. The van der Waals surface area contributed by atoms with Gasteiger partial charge in [-0.2, -0.15) is 5.10 Å². The lowest BCUT2D eigenvalue weighted by Gasteiger charge is -2.18. The summed E-state index contributed by atoms with van der Waals surface area (Å²) in [6.45, 7) is 4.87. The highest BCUT2D eigenvalue weighted by molar-refractivity contribution is 6.23. The lowest BCUT2D eigenvalue weighted by Crippen LogP contribution is -2.35. The number of ketones is 1. The molecule has 0 fully saturated rings. The highest BCUT2D eigenvalue weighted by atomic mass is 16.5. The highest BCUT2D eigenvalue weighted by Crippen LogP contribution is 2.18. The van der Waals surface area contributed by atoms with Crippen LogP contribution in [-0.4, -0.2) is 29.3 Å². The number of anilines is 1. The maximum Gasteiger partial charge on any atom is 0.327 e. The van der Waals surface area contributed by atoms with Crippen molar-refractivity contribution in [2.24, 2.45) is 11.0 Å². The van der Waals surface area contributed by atoms with Crippen LogP contribution in [0.2, 0.25) is 0 Å². The van der Waals surface area contributed by atoms with Crippen LogP contribution in [0.25, 0.3) is 0 Å². The number of para-hydroxylation sites is 1. The highest BCUT2D eigenvalue weighted by Gasteiger charge is 2.34. The van der Waals surface area contributed by atoms with E-state index in [-0.39, 0.29) is 22.9 Å². The predicted octanol–water partition coefficient (Wildman–Crippen LogP) is 3.00. The molecule has 0 saturated carbocycles. The zero-order chi connectivity index (χ0) is 22.5. The summed E-state index contributed by atoms with van der Waals surface area (Å²) in [5.41, 5.74) is 4.36. The number of benzene rings is 2. The lowest BCUT2D eigenvalue weighted by atomic mass is 9.97. The van der Waals surface area contributed by atoms with Gasteiger partial charge in [0.25, 0.3) is 11.8 Å². The number of ether oxygens (including phenoxy) is 1. The van der Waals surface area contributed by atoms with Crippen LogP contribution in [0.3, 0.4) is 0 Å². The van der Waals surface area contributed by atoms with Gasteiger partial charge in [0.15, 0.2) is 11.7 Å². The van der Waals surface area contributed by atoms with Crippen LogP contribution in [-0.2, 0) is 14.3 Å². The molecular formula is C23H21N3O5. The van der Waals surface area contributed by atoms with Crippen LogP contribution in [0.5, 0.6) is 0 Å². The molecule has 8 nitrogen and oxygen atoms in total. The number of hydrogen-bond donors (Lipinski definition) is 2. The summed E-state index contributed by atoms with van der Waals surface area (Å²) in [6.07, 6.45) is 1.21. The van der Waals surface area contributed by atoms with E-state index in [9.17, 15) is 19.2 Å². The summed E-state index contributed by atoms with van der Waals surface area (Å²) in [4.78, 5) is 49.2. The van der Waals surface area contributed by atoms with Gasteiger partial charge in [0, 0.05) is 11.6 Å². The Labute approximate surface area is 179 Å². The Kier molecular flexibility index (Phi) is 6.40. The second kappa shape index (κ2) is 9.17. The van der Waals surface area contributed by atoms with E-state index in [1.54, 1.807) is 30.3 Å². The van der Waals surface area contributed by atoms with Crippen LogP contribution >= 0.6 is 0 Å². The number of allylic oxidation sites excluding steroid dienone is 2. The monoisotopic (exact) mass is 419 g/mol. The molecule has 1 aliphatic rings. The molecule has 0 spiro atoms. The molecule has 1 aliphatic heterocycles. The van der Waals surface area contributed by atoms with Gasteiger partial charge in [-0.3, -0.25) is 19.2 Å². The van der Waals surface area contributed by atoms with E-state index in [2.05, 4.69) is 15.8 Å². The van der Waals surface area contributed by atoms with Gasteiger partial charge in [-0.15, -0.1) is 0 Å². The summed E-state index contributed by atoms with van der Waals surface area (Å²) in [6, 6.07) is 13.5. The molecule has 1 unspecified atom stereocenters. The Morgan fingerprint density at radius 2 is 1.65 bits per heavy atom. The first-order chi connectivity index (χ1) is 14.8. The quantitative estimate of drug-likeness (QED) is 0.335. The van der Waals surface area contributed by atoms with Crippen molar-refractivity contribution in [3.8, 4) is 0 Å². The Morgan fingerprint density at radius 1 is 0.968 bits per heavy atom. The standard InChI is InChI=1S/C23H21N3O5/c1-13-8-10-16(11-9-13)21(28)24-18-7-5-4-6-17(18)22(29)26-25-15(3)20-19(27)12-14(2)31-23(20)30/h4-12,20H,1-3H3,(H,24,28)(H,26,29)/b25-15+. The number of nitrogens with one attached hydrogen (secondary N) is 2. The fraction of sp³-hybridized carbons (Fsp3) is 0.174. The SMILES string of the molecule is CC1=CC(=O)C(/C(C)=N/NC(=O)c2ccccc2NC(=O)c2ccc(C)cc2)C(=O)O1. The number of aryl methyl sites for hydroxylation is 1. The van der Waals surface area contributed by atoms with Gasteiger partial charge < -0.3 is 10.1 Å². The number of rotatable bonds is 5. The second-order valence-corrected chi connectivity index (χ2v) is 7.07. The molecule has 158 valence electrons. The van der Waals surface area contributed by atoms with Gasteiger partial charge in [-0.25, -0.2) is 5.43 Å². The first-order valence-electron chi connectivity index (χ1n) is 9.51. The second-order valence-electron chi connectivity index (χ2n) is 7.07. The minimum atomic E-state index is -1.21. The lowest BCUT2D eigenvalue weighted by molar-refractivity contribution is -0.146. The van der Waals surface area contributed by atoms with E-state index in [1.807, 2.05) is 19.1 Å². The van der Waals surface area contributed by atoms with Crippen LogP contribution in [0.15, 0.2) is 65.5 Å². The largest absolute Gasteiger partial charge is 0.430 e. The topological polar surface area (TPSA) is 114 Å². The van der Waals surface area contributed by atoms with Crippen molar-refractivity contribution < 1.29 is 23.9 Å². The Hall–Kier alpha value is -4.07. The molecule has 31 heavy (non-hydrogen) atoms. The minimum absolute atomic E-state index is 0.0910. The Bertz CT molecular complexity index is 1120. The number of hydrogen-bond acceptors (Lipinski definition) is 6. The van der Waals surface area contributed by atoms with Crippen molar-refractivity contribution in [1.29, 1.82) is 0 Å². The summed E-state index contributed by atoms with van der Waals surface area (Å²) in [5, 5.41) is 6.60. The molecule has 0 saturated heterocycles. The van der Waals surface area contributed by atoms with Gasteiger partial charge >= 0.3 is 5.97 Å². The van der Waals surface area contributed by atoms with Gasteiger partial charge in [0.2, 0.25) is 0 Å². The third kappa shape index (κ3) is 5.11. The summed E-state index contributed by atoms with van der Waals surface area (Å²) >= 11 is 0. The fourth-order valence-corrected chi connectivity index (χ4v) is 2.98. The van der Waals surface area contributed by atoms with Crippen molar-refractivity contribution in [3.05, 3.63) is 77.1 Å². The van der Waals surface area contributed by atoms with Crippen LogP contribution < -0.4 is 10.7 Å². The molecule has 0 aliphatic carbocycles. The third-order valence-electron chi connectivity index (χ3n) is 4.61. The van der Waals surface area contributed by atoms with E-state index in [0.29, 0.717) is 11.3 Å². The van der Waals surface area contributed by atoms with Crippen molar-refractivity contribution in [2.45, 2.75) is 20.8 Å². The Morgan fingerprint density at radius 3 is 2.32 bits per heavy atom. The van der Waals surface area contributed by atoms with E-state index < -0.39 is 23.6 Å². The average Bonchev–Trinajstić information content (AvgIpc) is 2.72. The smallest absolute Gasteiger partial charge is 0.327 e. The Balaban J connectivity index is 1.75. The maximum atomic E-state index is 12.6. The van der Waals surface area contributed by atoms with Gasteiger partial charge in [0.1, 0.15) is 5.76 Å². The molecule has 2 amide bonds. The van der Waals surface area contributed by atoms with Crippen LogP contribution in [0, 0.1) is 12.8 Å². The van der Waals surface area contributed by atoms with E-state index in [1.165, 1.54) is 26.0 Å². The molecule has 2 aromatic carbocycles. The zero-order valence-electron chi connectivity index (χ0n) is 17.3. The maximum absolute atomic E-state index is 12.6. The minimum Gasteiger partial charge on any atom is -0.430 e. The average molecular weight is 419 g/mol. The van der Waals surface area contributed by atoms with Crippen molar-refractivity contribution in [2.75, 3.05) is 5.32 Å². The number of esters is 1. The van der Waals surface area contributed by atoms with Crippen molar-refractivity contribution in [1.82, 2.24) is 5.43 Å². The summed E-state index contributed by atoms with van der Waals surface area (Å²) < 4.78 is 4.95. The molecule has 2 aromatic rings. The normalized spacial score (nSPS) is 16.3. The first kappa shape index (κ1) is 21.6. The summed E-state index contributed by atoms with van der Waals surface area (Å²) in [5.74, 6) is -3.18. The molecule has 1 atom stereocenters. The van der Waals surface area contributed by atoms with Gasteiger partial charge in [-0.05, 0) is 45.0 Å². The van der Waals surface area contributed by atoms with E-state index in [0.717, 1.165) is 5.56 Å². The van der Waals surface area contributed by atoms with Gasteiger partial charge in [-0.1, -0.05) is 29.8 Å². The van der Waals surface area contributed by atoms with Crippen molar-refractivity contribution >= 4 is 35.0 Å².